The van der Waals surface area contributed by atoms with Crippen molar-refractivity contribution < 1.29 is 9.59 Å². The topological polar surface area (TPSA) is 81.8 Å². The largest absolute Gasteiger partial charge is 0.331 e. The van der Waals surface area contributed by atoms with E-state index in [1.165, 1.54) is 0 Å². The molecule has 1 N–H and O–H groups in total. The minimum absolute atomic E-state index is 0.123. The molecule has 0 aliphatic rings. The van der Waals surface area contributed by atoms with Crippen LogP contribution in [0.4, 0.5) is 5.69 Å². The molecule has 0 spiro atoms. The molecule has 0 bridgehead atoms. The van der Waals surface area contributed by atoms with Gasteiger partial charge >= 0.3 is 0 Å². The lowest BCUT2D eigenvalue weighted by molar-refractivity contribution is -0.115. The van der Waals surface area contributed by atoms with E-state index in [0.29, 0.717) is 17.1 Å². The number of benzene rings is 2. The number of carbonyl (C=O) groups excluding carboxylic acids is 2. The van der Waals surface area contributed by atoms with Gasteiger partial charge in [-0.1, -0.05) is 12.1 Å². The number of hydrogen-bond acceptors (Lipinski definition) is 4. The fourth-order valence-electron chi connectivity index (χ4n) is 3.45. The molecule has 156 valence electrons. The Hall–Kier alpha value is -4.00. The maximum absolute atomic E-state index is 12.5. The van der Waals surface area contributed by atoms with Gasteiger partial charge in [0.15, 0.2) is 5.82 Å². The Morgan fingerprint density at radius 3 is 2.29 bits per heavy atom. The summed E-state index contributed by atoms with van der Waals surface area (Å²) in [6, 6.07) is 16.6. The van der Waals surface area contributed by atoms with Gasteiger partial charge in [-0.25, -0.2) is 9.67 Å². The second-order valence-electron chi connectivity index (χ2n) is 7.50. The molecule has 31 heavy (non-hydrogen) atoms. The summed E-state index contributed by atoms with van der Waals surface area (Å²) in [4.78, 5) is 29.0. The molecule has 2 heterocycles. The molecule has 0 unspecified atom stereocenters. The Morgan fingerprint density at radius 2 is 1.71 bits per heavy atom. The van der Waals surface area contributed by atoms with Crippen LogP contribution < -0.4 is 5.32 Å². The Morgan fingerprint density at radius 1 is 1.00 bits per heavy atom. The van der Waals surface area contributed by atoms with Crippen molar-refractivity contribution in [1.29, 1.82) is 0 Å². The van der Waals surface area contributed by atoms with E-state index in [-0.39, 0.29) is 18.1 Å². The average molecular weight is 413 g/mol. The molecule has 0 saturated heterocycles. The first-order valence-electron chi connectivity index (χ1n) is 9.95. The zero-order chi connectivity index (χ0) is 22.0. The van der Waals surface area contributed by atoms with Crippen LogP contribution in [0.2, 0.25) is 0 Å². The van der Waals surface area contributed by atoms with Gasteiger partial charge < -0.3 is 9.88 Å². The molecule has 0 radical (unpaired) electrons. The number of rotatable bonds is 6. The third-order valence-electron chi connectivity index (χ3n) is 5.01. The van der Waals surface area contributed by atoms with Gasteiger partial charge in [-0.3, -0.25) is 9.59 Å². The highest BCUT2D eigenvalue weighted by Crippen LogP contribution is 2.16. The molecule has 0 fully saturated rings. The third-order valence-corrected chi connectivity index (χ3v) is 5.01. The minimum atomic E-state index is -0.159. The highest BCUT2D eigenvalue weighted by molar-refractivity contribution is 6.07. The van der Waals surface area contributed by atoms with Crippen molar-refractivity contribution in [2.24, 2.45) is 7.05 Å². The molecular formula is C24H23N5O2. The van der Waals surface area contributed by atoms with E-state index in [2.05, 4.69) is 15.4 Å². The van der Waals surface area contributed by atoms with Crippen molar-refractivity contribution in [3.8, 4) is 5.69 Å². The summed E-state index contributed by atoms with van der Waals surface area (Å²) in [5.74, 6) is 0.0934. The van der Waals surface area contributed by atoms with Crippen LogP contribution in [0.3, 0.4) is 0 Å². The number of carbonyl (C=O) groups is 2. The van der Waals surface area contributed by atoms with Crippen LogP contribution in [-0.2, 0) is 18.3 Å². The van der Waals surface area contributed by atoms with Crippen LogP contribution >= 0.6 is 0 Å². The van der Waals surface area contributed by atoms with E-state index >= 15 is 0 Å². The molecule has 0 aliphatic carbocycles. The van der Waals surface area contributed by atoms with Crippen molar-refractivity contribution in [3.63, 3.8) is 0 Å². The molecule has 4 rings (SSSR count). The second-order valence-corrected chi connectivity index (χ2v) is 7.50. The molecule has 2 aromatic heterocycles. The number of nitrogens with zero attached hydrogens (tertiary/aromatic N) is 4. The molecular weight excluding hydrogens is 390 g/mol. The number of aryl methyl sites for hydroxylation is 3. The van der Waals surface area contributed by atoms with Crippen molar-refractivity contribution in [2.75, 3.05) is 5.32 Å². The molecule has 0 aliphatic heterocycles. The zero-order valence-corrected chi connectivity index (χ0v) is 17.7. The van der Waals surface area contributed by atoms with E-state index in [0.717, 1.165) is 22.6 Å². The van der Waals surface area contributed by atoms with Crippen LogP contribution in [0.15, 0.2) is 67.0 Å². The lowest BCUT2D eigenvalue weighted by Crippen LogP contribution is -2.15. The molecule has 0 saturated carbocycles. The quantitative estimate of drug-likeness (QED) is 0.490. The van der Waals surface area contributed by atoms with Crippen LogP contribution in [0, 0.1) is 13.8 Å². The Balaban J connectivity index is 1.38. The summed E-state index contributed by atoms with van der Waals surface area (Å²) in [5.41, 5.74) is 5.06. The first-order chi connectivity index (χ1) is 14.9. The third kappa shape index (κ3) is 4.45. The van der Waals surface area contributed by atoms with Crippen molar-refractivity contribution >= 4 is 17.4 Å². The maximum Gasteiger partial charge on any atom is 0.228 e. The van der Waals surface area contributed by atoms with Gasteiger partial charge in [-0.2, -0.15) is 5.10 Å². The Labute approximate surface area is 180 Å². The summed E-state index contributed by atoms with van der Waals surface area (Å²) < 4.78 is 3.56. The highest BCUT2D eigenvalue weighted by Gasteiger charge is 2.14. The van der Waals surface area contributed by atoms with Gasteiger partial charge in [0, 0.05) is 36.4 Å². The van der Waals surface area contributed by atoms with Gasteiger partial charge in [-0.05, 0) is 61.9 Å². The first-order valence-corrected chi connectivity index (χ1v) is 9.95. The van der Waals surface area contributed by atoms with E-state index in [4.69, 9.17) is 0 Å². The fraction of sp³-hybridized carbons (Fsp3) is 0.167. The second kappa shape index (κ2) is 8.39. The van der Waals surface area contributed by atoms with E-state index in [9.17, 15) is 9.59 Å². The predicted octanol–water partition coefficient (Wildman–Crippen LogP) is 3.63. The molecule has 1 amide bonds. The van der Waals surface area contributed by atoms with E-state index in [1.54, 1.807) is 48.3 Å². The normalized spacial score (nSPS) is 10.8. The van der Waals surface area contributed by atoms with Crippen molar-refractivity contribution in [2.45, 2.75) is 20.3 Å². The average Bonchev–Trinajstić information content (AvgIpc) is 3.33. The van der Waals surface area contributed by atoms with E-state index in [1.807, 2.05) is 48.9 Å². The van der Waals surface area contributed by atoms with Gasteiger partial charge in [-0.15, -0.1) is 0 Å². The predicted molar refractivity (Wildman–Crippen MR) is 118 cm³/mol. The summed E-state index contributed by atoms with van der Waals surface area (Å²) in [6.45, 7) is 3.97. The number of nitrogens with one attached hydrogen (secondary N) is 1. The minimum Gasteiger partial charge on any atom is -0.331 e. The Kier molecular flexibility index (Phi) is 5.49. The van der Waals surface area contributed by atoms with E-state index < -0.39 is 0 Å². The molecule has 4 aromatic rings. The summed E-state index contributed by atoms with van der Waals surface area (Å²) in [6.07, 6.45) is 3.57. The van der Waals surface area contributed by atoms with Gasteiger partial charge in [0.1, 0.15) is 0 Å². The van der Waals surface area contributed by atoms with Crippen LogP contribution in [0.25, 0.3) is 5.69 Å². The van der Waals surface area contributed by atoms with Gasteiger partial charge in [0.25, 0.3) is 0 Å². The zero-order valence-electron chi connectivity index (χ0n) is 17.7. The fourth-order valence-corrected chi connectivity index (χ4v) is 3.45. The monoisotopic (exact) mass is 413 g/mol. The molecule has 7 nitrogen and oxygen atoms in total. The summed E-state index contributed by atoms with van der Waals surface area (Å²) >= 11 is 0. The van der Waals surface area contributed by atoms with Gasteiger partial charge in [0.05, 0.1) is 17.8 Å². The molecule has 0 atom stereocenters. The smallest absolute Gasteiger partial charge is 0.228 e. The van der Waals surface area contributed by atoms with Crippen LogP contribution in [0.5, 0.6) is 0 Å². The number of imidazole rings is 1. The Bertz CT molecular complexity index is 1230. The highest BCUT2D eigenvalue weighted by atomic mass is 16.1. The SMILES string of the molecule is Cc1cc(C)n(-c2ccc(CC(=O)Nc3ccc(C(=O)c4nccn4C)cc3)cc2)n1. The maximum atomic E-state index is 12.5. The number of aromatic nitrogens is 4. The standard InChI is InChI=1S/C24H23N5O2/c1-16-14-17(2)29(27-16)21-10-4-18(5-11-21)15-22(30)26-20-8-6-19(7-9-20)23(31)24-25-12-13-28(24)3/h4-14H,15H2,1-3H3,(H,26,30). The van der Waals surface area contributed by atoms with Crippen LogP contribution in [0.1, 0.15) is 33.1 Å². The van der Waals surface area contributed by atoms with Gasteiger partial charge in [0.2, 0.25) is 11.7 Å². The summed E-state index contributed by atoms with van der Waals surface area (Å²) in [5, 5.41) is 7.35. The number of anilines is 1. The number of amides is 1. The lowest BCUT2D eigenvalue weighted by atomic mass is 10.1. The lowest BCUT2D eigenvalue weighted by Gasteiger charge is -2.08. The number of ketones is 1. The summed E-state index contributed by atoms with van der Waals surface area (Å²) in [7, 11) is 1.78. The number of hydrogen-bond donors (Lipinski definition) is 1. The first kappa shape index (κ1) is 20.3. The van der Waals surface area contributed by atoms with Crippen LogP contribution in [-0.4, -0.2) is 31.0 Å². The van der Waals surface area contributed by atoms with Crippen molar-refractivity contribution in [1.82, 2.24) is 19.3 Å². The molecule has 7 heteroatoms. The molecule has 2 aromatic carbocycles. The van der Waals surface area contributed by atoms with Crippen molar-refractivity contribution in [3.05, 3.63) is 95.3 Å².